The van der Waals surface area contributed by atoms with Gasteiger partial charge in [-0.1, -0.05) is 0 Å². The second-order valence-electron chi connectivity index (χ2n) is 9.11. The highest BCUT2D eigenvalue weighted by Crippen LogP contribution is 2.29. The van der Waals surface area contributed by atoms with Gasteiger partial charge in [0.05, 0.1) is 35.3 Å². The largest absolute Gasteiger partial charge is 0.480 e. The number of hydrogen-bond donors (Lipinski definition) is 4. The molecule has 0 bridgehead atoms. The summed E-state index contributed by atoms with van der Waals surface area (Å²) >= 11 is 0. The highest BCUT2D eigenvalue weighted by molar-refractivity contribution is 5.83. The van der Waals surface area contributed by atoms with Gasteiger partial charge in [0.25, 0.3) is 0 Å². The van der Waals surface area contributed by atoms with Crippen LogP contribution in [0.4, 0.5) is 21.7 Å². The van der Waals surface area contributed by atoms with Crippen molar-refractivity contribution in [2.45, 2.75) is 44.4 Å². The molecule has 1 fully saturated rings. The first-order valence-corrected chi connectivity index (χ1v) is 12.1. The molecule has 1 aliphatic carbocycles. The number of aliphatic hydroxyl groups is 2. The number of aliphatic hydroxyl groups excluding tert-OH is 2. The summed E-state index contributed by atoms with van der Waals surface area (Å²) in [6.45, 7) is -0.389. The summed E-state index contributed by atoms with van der Waals surface area (Å²) < 4.78 is 16.4. The standard InChI is InChI=1S/C26H27FN6O4/c27-21-11-19(33-10-9-17(15-34)31-33)4-7-22(21)29-24-12-23-16(13-28-24)1-8-25(30-23)32(14-26(36)37)18-2-5-20(35)6-3-18/h1,4,7-13,18,20,34-35H,2-3,5-6,14-15H2,(H,28,29)(H,36,37). The summed E-state index contributed by atoms with van der Waals surface area (Å²) in [5.74, 6) is -0.539. The van der Waals surface area contributed by atoms with Gasteiger partial charge in [-0.25, -0.2) is 19.0 Å². The van der Waals surface area contributed by atoms with Crippen LogP contribution in [0.3, 0.4) is 0 Å². The van der Waals surface area contributed by atoms with Crippen LogP contribution in [0.5, 0.6) is 0 Å². The number of aliphatic carboxylic acids is 1. The molecule has 4 N–H and O–H groups in total. The third-order valence-electron chi connectivity index (χ3n) is 6.55. The van der Waals surface area contributed by atoms with E-state index in [0.717, 1.165) is 5.39 Å². The van der Waals surface area contributed by atoms with Gasteiger partial charge in [0.2, 0.25) is 0 Å². The van der Waals surface area contributed by atoms with Crippen molar-refractivity contribution in [3.63, 3.8) is 0 Å². The minimum atomic E-state index is -0.952. The van der Waals surface area contributed by atoms with E-state index in [9.17, 15) is 24.5 Å². The molecule has 4 aromatic rings. The molecule has 0 atom stereocenters. The Bertz CT molecular complexity index is 1420. The first kappa shape index (κ1) is 24.6. The first-order valence-electron chi connectivity index (χ1n) is 12.1. The monoisotopic (exact) mass is 506 g/mol. The van der Waals surface area contributed by atoms with E-state index in [0.29, 0.717) is 54.2 Å². The van der Waals surface area contributed by atoms with Crippen LogP contribution in [0, 0.1) is 5.82 Å². The van der Waals surface area contributed by atoms with Crippen molar-refractivity contribution in [2.24, 2.45) is 0 Å². The fourth-order valence-electron chi connectivity index (χ4n) is 4.62. The summed E-state index contributed by atoms with van der Waals surface area (Å²) in [7, 11) is 0. The Morgan fingerprint density at radius 2 is 1.95 bits per heavy atom. The van der Waals surface area contributed by atoms with Crippen molar-refractivity contribution in [2.75, 3.05) is 16.8 Å². The summed E-state index contributed by atoms with van der Waals surface area (Å²) in [5.41, 5.74) is 1.80. The summed E-state index contributed by atoms with van der Waals surface area (Å²) in [4.78, 5) is 22.4. The first-order chi connectivity index (χ1) is 17.9. The normalized spacial score (nSPS) is 17.6. The van der Waals surface area contributed by atoms with Crippen LogP contribution >= 0.6 is 0 Å². The Labute approximate surface area is 212 Å². The highest BCUT2D eigenvalue weighted by atomic mass is 19.1. The van der Waals surface area contributed by atoms with Gasteiger partial charge in [-0.2, -0.15) is 5.10 Å². The molecule has 1 saturated carbocycles. The zero-order chi connectivity index (χ0) is 25.9. The van der Waals surface area contributed by atoms with Crippen LogP contribution < -0.4 is 10.2 Å². The Kier molecular flexibility index (Phi) is 6.97. The number of halogens is 1. The molecule has 5 rings (SSSR count). The zero-order valence-electron chi connectivity index (χ0n) is 20.0. The van der Waals surface area contributed by atoms with Gasteiger partial charge in [-0.05, 0) is 56.0 Å². The molecule has 3 heterocycles. The minimum absolute atomic E-state index is 0.0280. The van der Waals surface area contributed by atoms with E-state index >= 15 is 0 Å². The van der Waals surface area contributed by atoms with E-state index in [-0.39, 0.29) is 31.0 Å². The molecule has 37 heavy (non-hydrogen) atoms. The van der Waals surface area contributed by atoms with E-state index in [1.807, 2.05) is 6.07 Å². The zero-order valence-corrected chi connectivity index (χ0v) is 20.0. The molecule has 0 spiro atoms. The molecular formula is C26H27FN6O4. The van der Waals surface area contributed by atoms with E-state index in [2.05, 4.69) is 15.4 Å². The number of fused-ring (bicyclic) bond motifs is 1. The number of anilines is 3. The second-order valence-corrected chi connectivity index (χ2v) is 9.11. The maximum absolute atomic E-state index is 14.9. The van der Waals surface area contributed by atoms with Crippen LogP contribution in [-0.2, 0) is 11.4 Å². The summed E-state index contributed by atoms with van der Waals surface area (Å²) in [5, 5.41) is 36.4. The molecule has 1 aromatic carbocycles. The number of benzene rings is 1. The van der Waals surface area contributed by atoms with Crippen LogP contribution in [0.15, 0.2) is 54.9 Å². The number of rotatable bonds is 8. The number of nitrogens with zero attached hydrogens (tertiary/aromatic N) is 5. The maximum atomic E-state index is 14.9. The average Bonchev–Trinajstić information content (AvgIpc) is 3.38. The predicted molar refractivity (Wildman–Crippen MR) is 136 cm³/mol. The molecule has 0 amide bonds. The minimum Gasteiger partial charge on any atom is -0.480 e. The number of carboxylic acids is 1. The van der Waals surface area contributed by atoms with Crippen LogP contribution in [0.1, 0.15) is 31.4 Å². The molecule has 0 saturated heterocycles. The second kappa shape index (κ2) is 10.5. The number of pyridine rings is 2. The Morgan fingerprint density at radius 1 is 1.14 bits per heavy atom. The lowest BCUT2D eigenvalue weighted by Crippen LogP contribution is -2.42. The molecule has 3 aromatic heterocycles. The molecule has 0 aliphatic heterocycles. The molecule has 11 heteroatoms. The molecule has 192 valence electrons. The van der Waals surface area contributed by atoms with Gasteiger partial charge in [-0.15, -0.1) is 0 Å². The molecule has 0 radical (unpaired) electrons. The number of carbonyl (C=O) groups is 1. The molecule has 0 unspecified atom stereocenters. The van der Waals surface area contributed by atoms with Crippen molar-refractivity contribution < 1.29 is 24.5 Å². The van der Waals surface area contributed by atoms with E-state index in [1.54, 1.807) is 47.6 Å². The van der Waals surface area contributed by atoms with Crippen molar-refractivity contribution >= 4 is 34.2 Å². The van der Waals surface area contributed by atoms with Crippen molar-refractivity contribution in [1.82, 2.24) is 19.7 Å². The quantitative estimate of drug-likeness (QED) is 0.283. The smallest absolute Gasteiger partial charge is 0.323 e. The summed E-state index contributed by atoms with van der Waals surface area (Å²) in [6.07, 6.45) is 5.54. The predicted octanol–water partition coefficient (Wildman–Crippen LogP) is 3.39. The lowest BCUT2D eigenvalue weighted by Gasteiger charge is -2.35. The van der Waals surface area contributed by atoms with E-state index < -0.39 is 11.8 Å². The fraction of sp³-hybridized carbons (Fsp3) is 0.308. The number of aromatic nitrogens is 4. The summed E-state index contributed by atoms with van der Waals surface area (Å²) in [6, 6.07) is 11.5. The van der Waals surface area contributed by atoms with Gasteiger partial charge < -0.3 is 25.5 Å². The lowest BCUT2D eigenvalue weighted by atomic mass is 9.92. The Hall–Kier alpha value is -4.09. The Balaban J connectivity index is 1.39. The lowest BCUT2D eigenvalue weighted by molar-refractivity contribution is -0.135. The van der Waals surface area contributed by atoms with Gasteiger partial charge in [0, 0.05) is 36.0 Å². The molecule has 1 aliphatic rings. The maximum Gasteiger partial charge on any atom is 0.323 e. The topological polar surface area (TPSA) is 137 Å². The van der Waals surface area contributed by atoms with Crippen LogP contribution in [0.2, 0.25) is 0 Å². The third kappa shape index (κ3) is 5.52. The molecule has 10 nitrogen and oxygen atoms in total. The van der Waals surface area contributed by atoms with Gasteiger partial charge in [0.15, 0.2) is 0 Å². The SMILES string of the molecule is O=C(O)CN(c1ccc2cnc(Nc3ccc(-n4ccc(CO)n4)cc3F)cc2n1)C1CCC(O)CC1. The molecular weight excluding hydrogens is 479 g/mol. The van der Waals surface area contributed by atoms with Crippen LogP contribution in [0.25, 0.3) is 16.6 Å². The van der Waals surface area contributed by atoms with Gasteiger partial charge in [-0.3, -0.25) is 4.79 Å². The van der Waals surface area contributed by atoms with Crippen molar-refractivity contribution in [1.29, 1.82) is 0 Å². The number of carboxylic acid groups (broad SMARTS) is 1. The van der Waals surface area contributed by atoms with E-state index in [4.69, 9.17) is 4.98 Å². The highest BCUT2D eigenvalue weighted by Gasteiger charge is 2.27. The number of hydrogen-bond acceptors (Lipinski definition) is 8. The Morgan fingerprint density at radius 3 is 2.65 bits per heavy atom. The van der Waals surface area contributed by atoms with Gasteiger partial charge >= 0.3 is 5.97 Å². The third-order valence-corrected chi connectivity index (χ3v) is 6.55. The van der Waals surface area contributed by atoms with Gasteiger partial charge in [0.1, 0.15) is 24.0 Å². The fourth-order valence-corrected chi connectivity index (χ4v) is 4.62. The average molecular weight is 507 g/mol. The number of nitrogens with one attached hydrogen (secondary N) is 1. The van der Waals surface area contributed by atoms with Crippen molar-refractivity contribution in [3.05, 3.63) is 66.4 Å². The van der Waals surface area contributed by atoms with Crippen molar-refractivity contribution in [3.8, 4) is 5.69 Å². The van der Waals surface area contributed by atoms with E-state index in [1.165, 1.54) is 10.7 Å². The van der Waals surface area contributed by atoms with Crippen LogP contribution in [-0.4, -0.2) is 59.7 Å².